The molecule has 3 unspecified atom stereocenters. The van der Waals surface area contributed by atoms with E-state index in [4.69, 9.17) is 0 Å². The summed E-state index contributed by atoms with van der Waals surface area (Å²) in [5.74, 6) is -0.639. The topological polar surface area (TPSA) is 40.9 Å². The summed E-state index contributed by atoms with van der Waals surface area (Å²) in [6.07, 6.45) is 1.51. The summed E-state index contributed by atoms with van der Waals surface area (Å²) >= 11 is 0. The minimum absolute atomic E-state index is 0.0789. The molecule has 3 atom stereocenters. The second-order valence-corrected chi connectivity index (χ2v) is 6.16. The third-order valence-corrected chi connectivity index (χ3v) is 5.20. The van der Waals surface area contributed by atoms with E-state index in [-0.39, 0.29) is 23.4 Å². The van der Waals surface area contributed by atoms with Crippen molar-refractivity contribution >= 4 is 5.78 Å². The fraction of sp³-hybridized carbons (Fsp3) is 0.263. The van der Waals surface area contributed by atoms with Gasteiger partial charge in [-0.05, 0) is 36.1 Å². The minimum atomic E-state index is -0.610. The number of hydrogen-bond donors (Lipinski definition) is 0. The van der Waals surface area contributed by atoms with Gasteiger partial charge in [-0.15, -0.1) is 0 Å². The molecule has 2 nitrogen and oxygen atoms in total. The van der Waals surface area contributed by atoms with Crippen LogP contribution in [-0.2, 0) is 6.42 Å². The van der Waals surface area contributed by atoms with E-state index in [2.05, 4.69) is 6.07 Å². The lowest BCUT2D eigenvalue weighted by Crippen LogP contribution is -2.26. The summed E-state index contributed by atoms with van der Waals surface area (Å²) in [5.41, 5.74) is 2.10. The Labute approximate surface area is 128 Å². The van der Waals surface area contributed by atoms with Gasteiger partial charge in [0.2, 0.25) is 0 Å². The Morgan fingerprint density at radius 1 is 1.14 bits per heavy atom. The summed E-state index contributed by atoms with van der Waals surface area (Å²) in [5, 5.41) is 9.50. The minimum Gasteiger partial charge on any atom is -0.293 e. The van der Waals surface area contributed by atoms with Crippen molar-refractivity contribution in [1.29, 1.82) is 5.26 Å². The van der Waals surface area contributed by atoms with Crippen molar-refractivity contribution in [2.45, 2.75) is 18.8 Å². The standard InChI is InChI=1S/C19H14FNO/c20-14-7-5-13(6-8-14)17-16(11-21)19(17)10-9-12-3-1-2-4-15(12)18(19)22/h1-8,16-17H,9-10H2. The molecule has 0 aliphatic heterocycles. The van der Waals surface area contributed by atoms with Gasteiger partial charge in [0.1, 0.15) is 5.82 Å². The largest absolute Gasteiger partial charge is 0.293 e. The summed E-state index contributed by atoms with van der Waals surface area (Å²) in [7, 11) is 0. The lowest BCUT2D eigenvalue weighted by Gasteiger charge is -2.24. The first-order valence-corrected chi connectivity index (χ1v) is 7.46. The van der Waals surface area contributed by atoms with Crippen LogP contribution in [0.15, 0.2) is 48.5 Å². The van der Waals surface area contributed by atoms with Gasteiger partial charge in [0.15, 0.2) is 5.78 Å². The van der Waals surface area contributed by atoms with Crippen LogP contribution in [0.5, 0.6) is 0 Å². The molecule has 0 heterocycles. The highest BCUT2D eigenvalue weighted by molar-refractivity contribution is 6.06. The maximum atomic E-state index is 13.1. The lowest BCUT2D eigenvalue weighted by molar-refractivity contribution is 0.0867. The molecule has 1 saturated carbocycles. The maximum Gasteiger partial charge on any atom is 0.171 e. The van der Waals surface area contributed by atoms with Crippen LogP contribution in [-0.4, -0.2) is 5.78 Å². The SMILES string of the molecule is N#CC1C(c2ccc(F)cc2)C12CCc1ccccc1C2=O. The van der Waals surface area contributed by atoms with Crippen LogP contribution in [0.3, 0.4) is 0 Å². The highest BCUT2D eigenvalue weighted by Crippen LogP contribution is 2.69. The quantitative estimate of drug-likeness (QED) is 0.800. The van der Waals surface area contributed by atoms with E-state index in [1.54, 1.807) is 12.1 Å². The van der Waals surface area contributed by atoms with Crippen LogP contribution in [0.1, 0.15) is 33.8 Å². The van der Waals surface area contributed by atoms with Gasteiger partial charge in [0.25, 0.3) is 0 Å². The Morgan fingerprint density at radius 3 is 2.59 bits per heavy atom. The number of benzene rings is 2. The maximum absolute atomic E-state index is 13.1. The smallest absolute Gasteiger partial charge is 0.171 e. The van der Waals surface area contributed by atoms with Crippen LogP contribution >= 0.6 is 0 Å². The number of carbonyl (C=O) groups is 1. The zero-order chi connectivity index (χ0) is 15.3. The molecule has 0 N–H and O–H groups in total. The zero-order valence-corrected chi connectivity index (χ0v) is 11.9. The van der Waals surface area contributed by atoms with Crippen LogP contribution in [0.2, 0.25) is 0 Å². The Hall–Kier alpha value is -2.47. The van der Waals surface area contributed by atoms with Gasteiger partial charge in [-0.3, -0.25) is 4.79 Å². The Morgan fingerprint density at radius 2 is 1.86 bits per heavy atom. The molecule has 3 heteroatoms. The first-order chi connectivity index (χ1) is 10.7. The van der Waals surface area contributed by atoms with Gasteiger partial charge in [0, 0.05) is 11.5 Å². The van der Waals surface area contributed by atoms with Crippen molar-refractivity contribution in [3.05, 3.63) is 71.0 Å². The lowest BCUT2D eigenvalue weighted by atomic mass is 9.77. The van der Waals surface area contributed by atoms with Crippen LogP contribution < -0.4 is 0 Å². The molecule has 0 aromatic heterocycles. The van der Waals surface area contributed by atoms with Crippen molar-refractivity contribution in [3.63, 3.8) is 0 Å². The molecule has 1 fully saturated rings. The Bertz CT molecular complexity index is 805. The van der Waals surface area contributed by atoms with Crippen molar-refractivity contribution in [2.24, 2.45) is 11.3 Å². The fourth-order valence-corrected chi connectivity index (χ4v) is 4.05. The normalized spacial score (nSPS) is 29.0. The molecule has 2 aromatic carbocycles. The number of rotatable bonds is 1. The summed E-state index contributed by atoms with van der Waals surface area (Å²) in [4.78, 5) is 13.0. The van der Waals surface area contributed by atoms with E-state index in [1.807, 2.05) is 24.3 Å². The third kappa shape index (κ3) is 1.61. The molecular weight excluding hydrogens is 277 g/mol. The van der Waals surface area contributed by atoms with Crippen molar-refractivity contribution < 1.29 is 9.18 Å². The number of halogens is 1. The average molecular weight is 291 g/mol. The first-order valence-electron chi connectivity index (χ1n) is 7.46. The summed E-state index contributed by atoms with van der Waals surface area (Å²) in [6.45, 7) is 0. The Kier molecular flexibility index (Phi) is 2.71. The van der Waals surface area contributed by atoms with E-state index < -0.39 is 5.41 Å². The van der Waals surface area contributed by atoms with E-state index in [9.17, 15) is 14.4 Å². The molecule has 22 heavy (non-hydrogen) atoms. The molecule has 0 amide bonds. The van der Waals surface area contributed by atoms with E-state index in [0.717, 1.165) is 23.1 Å². The molecule has 2 aliphatic rings. The molecule has 108 valence electrons. The number of nitrogens with zero attached hydrogens (tertiary/aromatic N) is 1. The molecule has 0 bridgehead atoms. The highest BCUT2D eigenvalue weighted by atomic mass is 19.1. The van der Waals surface area contributed by atoms with Crippen molar-refractivity contribution in [3.8, 4) is 6.07 Å². The number of ketones is 1. The predicted octanol–water partition coefficient (Wildman–Crippen LogP) is 3.88. The molecule has 4 rings (SSSR count). The van der Waals surface area contributed by atoms with Crippen LogP contribution in [0, 0.1) is 28.5 Å². The summed E-state index contributed by atoms with van der Waals surface area (Å²) < 4.78 is 13.1. The number of Topliss-reactive ketones (excluding diaryl/α,β-unsaturated/α-hetero) is 1. The number of aryl methyl sites for hydroxylation is 1. The number of fused-ring (bicyclic) bond motifs is 1. The second-order valence-electron chi connectivity index (χ2n) is 6.16. The second kappa shape index (κ2) is 4.51. The van der Waals surface area contributed by atoms with Gasteiger partial charge in [-0.2, -0.15) is 5.26 Å². The van der Waals surface area contributed by atoms with E-state index >= 15 is 0 Å². The number of hydrogen-bond acceptors (Lipinski definition) is 2. The van der Waals surface area contributed by atoms with Gasteiger partial charge in [0.05, 0.1) is 17.4 Å². The van der Waals surface area contributed by atoms with Crippen molar-refractivity contribution in [1.82, 2.24) is 0 Å². The Balaban J connectivity index is 1.77. The third-order valence-electron chi connectivity index (χ3n) is 5.20. The molecule has 2 aliphatic carbocycles. The molecule has 0 radical (unpaired) electrons. The van der Waals surface area contributed by atoms with Gasteiger partial charge in [-0.1, -0.05) is 36.4 Å². The molecular formula is C19H14FNO. The van der Waals surface area contributed by atoms with Gasteiger partial charge >= 0.3 is 0 Å². The zero-order valence-electron chi connectivity index (χ0n) is 11.9. The predicted molar refractivity (Wildman–Crippen MR) is 79.8 cm³/mol. The molecule has 0 saturated heterocycles. The number of nitriles is 1. The van der Waals surface area contributed by atoms with Crippen molar-refractivity contribution in [2.75, 3.05) is 0 Å². The van der Waals surface area contributed by atoms with Gasteiger partial charge in [-0.25, -0.2) is 4.39 Å². The highest BCUT2D eigenvalue weighted by Gasteiger charge is 2.70. The molecule has 1 spiro atoms. The first kappa shape index (κ1) is 13.2. The van der Waals surface area contributed by atoms with Crippen LogP contribution in [0.25, 0.3) is 0 Å². The van der Waals surface area contributed by atoms with E-state index in [0.29, 0.717) is 6.42 Å². The fourth-order valence-electron chi connectivity index (χ4n) is 4.05. The van der Waals surface area contributed by atoms with E-state index in [1.165, 1.54) is 12.1 Å². The van der Waals surface area contributed by atoms with Crippen LogP contribution in [0.4, 0.5) is 4.39 Å². The summed E-state index contributed by atoms with van der Waals surface area (Å²) in [6, 6.07) is 16.2. The average Bonchev–Trinajstić information content (AvgIpc) is 3.20. The molecule has 2 aromatic rings. The monoisotopic (exact) mass is 291 g/mol. The van der Waals surface area contributed by atoms with Gasteiger partial charge < -0.3 is 0 Å². The number of carbonyl (C=O) groups excluding carboxylic acids is 1.